The quantitative estimate of drug-likeness (QED) is 0.0821. The molecular weight excluding hydrogens is 777 g/mol. The van der Waals surface area contributed by atoms with Crippen molar-refractivity contribution in [3.63, 3.8) is 0 Å². The Morgan fingerprint density at radius 2 is 1.75 bits per heavy atom. The molecule has 59 heavy (non-hydrogen) atoms. The molecule has 3 saturated heterocycles. The first-order valence-corrected chi connectivity index (χ1v) is 19.9. The molecule has 3 aromatic carbocycles. The van der Waals surface area contributed by atoms with Crippen LogP contribution in [0, 0.1) is 29.4 Å². The average molecular weight is 820 g/mol. The molecule has 4 aliphatic rings. The van der Waals surface area contributed by atoms with Gasteiger partial charge in [0, 0.05) is 101 Å². The number of alkyl halides is 2. The predicted octanol–water partition coefficient (Wildman–Crippen LogP) is 7.64. The molecule has 1 N–H and O–H groups in total. The van der Waals surface area contributed by atoms with Crippen LogP contribution in [0.1, 0.15) is 44.1 Å². The third-order valence-corrected chi connectivity index (χ3v) is 12.7. The molecule has 1 aliphatic carbocycles. The zero-order valence-electron chi connectivity index (χ0n) is 32.7. The van der Waals surface area contributed by atoms with Gasteiger partial charge in [0.25, 0.3) is 12.0 Å². The van der Waals surface area contributed by atoms with Gasteiger partial charge in [-0.25, -0.2) is 17.6 Å². The van der Waals surface area contributed by atoms with Crippen molar-refractivity contribution in [3.05, 3.63) is 59.3 Å². The van der Waals surface area contributed by atoms with Gasteiger partial charge >= 0.3 is 6.01 Å². The first kappa shape index (κ1) is 39.4. The average Bonchev–Trinajstić information content (AvgIpc) is 3.38. The fraction of sp³-hybridized carbons (Fsp3) is 0.465. The number of benzene rings is 3. The summed E-state index contributed by atoms with van der Waals surface area (Å²) in [5.41, 5.74) is -1.68. The number of piperidine rings is 1. The number of nitrogens with zero attached hydrogens (tertiary/aromatic N) is 7. The topological polar surface area (TPSA) is 92.0 Å². The van der Waals surface area contributed by atoms with E-state index in [-0.39, 0.29) is 95.0 Å². The van der Waals surface area contributed by atoms with E-state index in [1.165, 1.54) is 28.9 Å². The van der Waals surface area contributed by atoms with Crippen molar-refractivity contribution >= 4 is 38.4 Å². The van der Waals surface area contributed by atoms with Crippen LogP contribution in [-0.2, 0) is 11.8 Å². The molecule has 0 amide bonds. The van der Waals surface area contributed by atoms with Gasteiger partial charge in [0.15, 0.2) is 5.82 Å². The highest BCUT2D eigenvalue weighted by molar-refractivity contribution is 6.18. The second-order valence-electron chi connectivity index (χ2n) is 16.5. The number of piperazine rings is 1. The van der Waals surface area contributed by atoms with E-state index in [0.717, 1.165) is 25.8 Å². The summed E-state index contributed by atoms with van der Waals surface area (Å²) in [5.74, 6) is -2.11. The summed E-state index contributed by atoms with van der Waals surface area (Å²) in [6, 6.07) is 5.02. The summed E-state index contributed by atoms with van der Waals surface area (Å²) in [6.45, 7) is 2.74. The van der Waals surface area contributed by atoms with Crippen LogP contribution >= 0.6 is 0 Å². The van der Waals surface area contributed by atoms with Crippen LogP contribution in [0.4, 0.5) is 32.2 Å². The van der Waals surface area contributed by atoms with Gasteiger partial charge in [-0.15, -0.1) is 6.42 Å². The number of phenolic OH excluding ortho intramolecular Hbond substituents is 1. The van der Waals surface area contributed by atoms with Crippen molar-refractivity contribution in [2.75, 3.05) is 64.5 Å². The summed E-state index contributed by atoms with van der Waals surface area (Å²) >= 11 is 0. The third kappa shape index (κ3) is 6.80. The predicted molar refractivity (Wildman–Crippen MR) is 211 cm³/mol. The van der Waals surface area contributed by atoms with Crippen molar-refractivity contribution < 1.29 is 40.9 Å². The van der Waals surface area contributed by atoms with Gasteiger partial charge in [-0.05, 0) is 66.8 Å². The monoisotopic (exact) mass is 819 g/mol. The van der Waals surface area contributed by atoms with E-state index in [1.807, 2.05) is 0 Å². The highest BCUT2D eigenvalue weighted by atomic mass is 19.3. The normalized spacial score (nSPS) is 23.1. The SMILES string of the molecule is C#Cc1c(F)ccc2cc(O)cc(-c3c(F)c4nc(OC[C@]5(CN6CCC(=C(F)F)CC6)CC5(F)F)nc(N5C6CCC5CN(CCCOC)C6)c4c4cn(C)nc34)c12. The number of methoxy groups -OCH3 is 1. The minimum atomic E-state index is -3.09. The van der Waals surface area contributed by atoms with Crippen LogP contribution in [0.5, 0.6) is 11.8 Å². The zero-order chi connectivity index (χ0) is 41.4. The number of terminal acetylenes is 1. The first-order chi connectivity index (χ1) is 28.3. The van der Waals surface area contributed by atoms with Crippen LogP contribution < -0.4 is 9.64 Å². The summed E-state index contributed by atoms with van der Waals surface area (Å²) in [6.07, 6.45) is 8.07. The Morgan fingerprint density at radius 1 is 1.02 bits per heavy atom. The minimum absolute atomic E-state index is 0.0146. The highest BCUT2D eigenvalue weighted by Crippen LogP contribution is 2.61. The van der Waals surface area contributed by atoms with Gasteiger partial charge in [0.05, 0.1) is 16.4 Å². The third-order valence-electron chi connectivity index (χ3n) is 12.7. The molecule has 5 aromatic rings. The number of aryl methyl sites for hydroxylation is 1. The van der Waals surface area contributed by atoms with Gasteiger partial charge in [-0.3, -0.25) is 9.58 Å². The Hall–Kier alpha value is -5.11. The number of ether oxygens (including phenoxy) is 2. The van der Waals surface area contributed by atoms with E-state index in [9.17, 15) is 13.9 Å². The lowest BCUT2D eigenvalue weighted by Crippen LogP contribution is -2.54. The Morgan fingerprint density at radius 3 is 2.41 bits per heavy atom. The van der Waals surface area contributed by atoms with E-state index < -0.39 is 42.1 Å². The summed E-state index contributed by atoms with van der Waals surface area (Å²) in [7, 11) is 3.35. The molecule has 10 nitrogen and oxygen atoms in total. The molecule has 3 atom stereocenters. The molecule has 0 radical (unpaired) electrons. The number of hydrogen-bond donors (Lipinski definition) is 1. The van der Waals surface area contributed by atoms with Crippen LogP contribution in [0.2, 0.25) is 0 Å². The summed E-state index contributed by atoms with van der Waals surface area (Å²) in [5, 5.41) is 17.0. The van der Waals surface area contributed by atoms with Crippen molar-refractivity contribution in [3.8, 4) is 35.2 Å². The molecule has 3 aliphatic heterocycles. The zero-order valence-corrected chi connectivity index (χ0v) is 32.7. The summed E-state index contributed by atoms with van der Waals surface area (Å²) in [4.78, 5) is 15.8. The smallest absolute Gasteiger partial charge is 0.319 e. The van der Waals surface area contributed by atoms with E-state index in [0.29, 0.717) is 41.7 Å². The van der Waals surface area contributed by atoms with E-state index in [1.54, 1.807) is 25.3 Å². The molecule has 9 rings (SSSR count). The first-order valence-electron chi connectivity index (χ1n) is 19.9. The molecule has 4 fully saturated rings. The van der Waals surface area contributed by atoms with Gasteiger partial charge in [-0.2, -0.15) is 23.8 Å². The van der Waals surface area contributed by atoms with Crippen molar-refractivity contribution in [2.45, 2.75) is 56.5 Å². The van der Waals surface area contributed by atoms with Crippen LogP contribution in [-0.4, -0.2) is 112 Å². The van der Waals surface area contributed by atoms with Crippen LogP contribution in [0.3, 0.4) is 0 Å². The molecule has 16 heteroatoms. The molecular formula is C43H43F6N7O3. The lowest BCUT2D eigenvalue weighted by atomic mass is 9.91. The Labute approximate surface area is 336 Å². The van der Waals surface area contributed by atoms with E-state index in [4.69, 9.17) is 20.9 Å². The van der Waals surface area contributed by atoms with Crippen molar-refractivity contribution in [1.29, 1.82) is 0 Å². The molecule has 2 aromatic heterocycles. The van der Waals surface area contributed by atoms with Gasteiger partial charge < -0.3 is 24.4 Å². The number of aromatic nitrogens is 4. The number of rotatable bonds is 11. The second-order valence-corrected chi connectivity index (χ2v) is 16.5. The molecule has 2 bridgehead atoms. The van der Waals surface area contributed by atoms with Gasteiger partial charge in [0.2, 0.25) is 0 Å². The maximum atomic E-state index is 17.8. The maximum Gasteiger partial charge on any atom is 0.319 e. The fourth-order valence-corrected chi connectivity index (χ4v) is 9.68. The van der Waals surface area contributed by atoms with Gasteiger partial charge in [-0.1, -0.05) is 12.0 Å². The summed E-state index contributed by atoms with van der Waals surface area (Å²) < 4.78 is 103. The van der Waals surface area contributed by atoms with E-state index >= 15 is 17.6 Å². The van der Waals surface area contributed by atoms with E-state index in [2.05, 4.69) is 25.8 Å². The number of aromatic hydroxyl groups is 1. The lowest BCUT2D eigenvalue weighted by molar-refractivity contribution is 0.0205. The number of anilines is 1. The largest absolute Gasteiger partial charge is 0.508 e. The van der Waals surface area contributed by atoms with Crippen LogP contribution in [0.25, 0.3) is 43.7 Å². The minimum Gasteiger partial charge on any atom is -0.508 e. The molecule has 0 spiro atoms. The highest BCUT2D eigenvalue weighted by Gasteiger charge is 2.72. The number of hydrogen-bond acceptors (Lipinski definition) is 9. The number of likely N-dealkylation sites (tertiary alicyclic amines) is 2. The van der Waals surface area contributed by atoms with Crippen molar-refractivity contribution in [1.82, 2.24) is 29.5 Å². The lowest BCUT2D eigenvalue weighted by Gasteiger charge is -2.42. The Balaban J connectivity index is 1.19. The maximum absolute atomic E-state index is 17.8. The standard InChI is InChI=1S/C43H43F6N7O3/c1-4-29-32(44)9-6-25-16-28(57)17-30(33(25)29)34-36(45)38-35(31-20-53(2)52-37(31)34)40(56-26-7-8-27(56)19-55(18-26)12-5-15-58-3)51-41(50-38)59-23-42(21-43(42,48)49)22-54-13-10-24(11-14-54)39(46)47/h1,6,9,16-17,20,26-27,57H,5,7-8,10-15,18-19,21-23H2,2-3H3/t26?,27?,42-/m1/s1. The molecule has 1 saturated carbocycles. The van der Waals surface area contributed by atoms with Crippen LogP contribution in [0.15, 0.2) is 42.1 Å². The van der Waals surface area contributed by atoms with Gasteiger partial charge in [0.1, 0.15) is 35.0 Å². The molecule has 5 heterocycles. The number of fused-ring (bicyclic) bond motifs is 6. The fourth-order valence-electron chi connectivity index (χ4n) is 9.68. The Bertz CT molecular complexity index is 2550. The second kappa shape index (κ2) is 14.9. The number of phenols is 1. The molecule has 2 unspecified atom stereocenters. The Kier molecular flexibility index (Phi) is 9.91. The number of halogens is 6. The van der Waals surface area contributed by atoms with Crippen molar-refractivity contribution in [2.24, 2.45) is 12.5 Å². The molecule has 310 valence electrons.